The highest BCUT2D eigenvalue weighted by molar-refractivity contribution is 6.34. The first-order valence-corrected chi connectivity index (χ1v) is 6.35. The summed E-state index contributed by atoms with van der Waals surface area (Å²) in [5, 5.41) is 1.65. The third kappa shape index (κ3) is 3.09. The third-order valence-corrected chi connectivity index (χ3v) is 3.14. The maximum absolute atomic E-state index is 6.03. The second kappa shape index (κ2) is 5.81. The molecule has 0 heterocycles. The van der Waals surface area contributed by atoms with Crippen molar-refractivity contribution in [1.29, 1.82) is 0 Å². The zero-order valence-electron chi connectivity index (χ0n) is 9.29. The van der Waals surface area contributed by atoms with E-state index in [1.54, 1.807) is 36.4 Å². The Labute approximate surface area is 120 Å². The van der Waals surface area contributed by atoms with Crippen molar-refractivity contribution in [2.24, 2.45) is 5.73 Å². The van der Waals surface area contributed by atoms with E-state index >= 15 is 0 Å². The van der Waals surface area contributed by atoms with Crippen LogP contribution in [0, 0.1) is 0 Å². The third-order valence-electron chi connectivity index (χ3n) is 2.36. The first kappa shape index (κ1) is 13.5. The van der Waals surface area contributed by atoms with Gasteiger partial charge in [-0.25, -0.2) is 0 Å². The lowest BCUT2D eigenvalue weighted by molar-refractivity contribution is 0.476. The predicted molar refractivity (Wildman–Crippen MR) is 75.9 cm³/mol. The van der Waals surface area contributed by atoms with Gasteiger partial charge in [-0.05, 0) is 30.3 Å². The van der Waals surface area contributed by atoms with Crippen LogP contribution in [-0.4, -0.2) is 0 Å². The standard InChI is InChI=1S/C13H10Cl3NO/c14-9-2-4-12(8(5-9)7-17)18-13-6-10(15)1-3-11(13)16/h1-6H,7,17H2. The second-order valence-corrected chi connectivity index (χ2v) is 4.91. The van der Waals surface area contributed by atoms with Gasteiger partial charge in [-0.3, -0.25) is 0 Å². The molecule has 0 fully saturated rings. The van der Waals surface area contributed by atoms with Crippen molar-refractivity contribution in [3.63, 3.8) is 0 Å². The van der Waals surface area contributed by atoms with E-state index in [-0.39, 0.29) is 0 Å². The van der Waals surface area contributed by atoms with Crippen LogP contribution < -0.4 is 10.5 Å². The quantitative estimate of drug-likeness (QED) is 0.875. The Kier molecular flexibility index (Phi) is 4.36. The molecule has 0 amide bonds. The zero-order chi connectivity index (χ0) is 13.1. The van der Waals surface area contributed by atoms with Gasteiger partial charge in [-0.2, -0.15) is 0 Å². The largest absolute Gasteiger partial charge is 0.455 e. The van der Waals surface area contributed by atoms with Gasteiger partial charge < -0.3 is 10.5 Å². The molecule has 2 aromatic rings. The molecule has 0 aliphatic carbocycles. The average Bonchev–Trinajstić information content (AvgIpc) is 2.36. The Morgan fingerprint density at radius 2 is 1.56 bits per heavy atom. The summed E-state index contributed by atoms with van der Waals surface area (Å²) in [4.78, 5) is 0. The number of hydrogen-bond donors (Lipinski definition) is 1. The van der Waals surface area contributed by atoms with Crippen molar-refractivity contribution in [3.05, 3.63) is 57.0 Å². The highest BCUT2D eigenvalue weighted by atomic mass is 35.5. The van der Waals surface area contributed by atoms with Crippen molar-refractivity contribution in [1.82, 2.24) is 0 Å². The number of rotatable bonds is 3. The Morgan fingerprint density at radius 1 is 0.889 bits per heavy atom. The molecule has 0 saturated carbocycles. The van der Waals surface area contributed by atoms with Crippen LogP contribution in [0.25, 0.3) is 0 Å². The summed E-state index contributed by atoms with van der Waals surface area (Å²) in [6, 6.07) is 10.3. The summed E-state index contributed by atoms with van der Waals surface area (Å²) < 4.78 is 5.71. The van der Waals surface area contributed by atoms with E-state index in [4.69, 9.17) is 45.3 Å². The molecule has 0 atom stereocenters. The van der Waals surface area contributed by atoms with Crippen molar-refractivity contribution in [3.8, 4) is 11.5 Å². The van der Waals surface area contributed by atoms with Gasteiger partial charge in [0.05, 0.1) is 5.02 Å². The number of ether oxygens (including phenoxy) is 1. The lowest BCUT2D eigenvalue weighted by Gasteiger charge is -2.11. The van der Waals surface area contributed by atoms with Crippen molar-refractivity contribution in [2.45, 2.75) is 6.54 Å². The summed E-state index contributed by atoms with van der Waals surface area (Å²) in [5.74, 6) is 1.10. The van der Waals surface area contributed by atoms with E-state index in [0.717, 1.165) is 5.56 Å². The van der Waals surface area contributed by atoms with Gasteiger partial charge in [0.25, 0.3) is 0 Å². The Hall–Kier alpha value is -0.930. The van der Waals surface area contributed by atoms with E-state index in [9.17, 15) is 0 Å². The number of nitrogens with two attached hydrogens (primary N) is 1. The minimum absolute atomic E-state index is 0.327. The van der Waals surface area contributed by atoms with Crippen LogP contribution in [0.4, 0.5) is 0 Å². The second-order valence-electron chi connectivity index (χ2n) is 3.63. The number of hydrogen-bond acceptors (Lipinski definition) is 2. The van der Waals surface area contributed by atoms with Gasteiger partial charge >= 0.3 is 0 Å². The Balaban J connectivity index is 2.36. The van der Waals surface area contributed by atoms with E-state index in [1.165, 1.54) is 0 Å². The Morgan fingerprint density at radius 3 is 2.28 bits per heavy atom. The molecule has 0 spiro atoms. The highest BCUT2D eigenvalue weighted by Crippen LogP contribution is 2.34. The van der Waals surface area contributed by atoms with Crippen molar-refractivity contribution in [2.75, 3.05) is 0 Å². The molecule has 5 heteroatoms. The van der Waals surface area contributed by atoms with Crippen LogP contribution in [0.1, 0.15) is 5.56 Å². The van der Waals surface area contributed by atoms with Gasteiger partial charge in [0.15, 0.2) is 0 Å². The maximum Gasteiger partial charge on any atom is 0.147 e. The normalized spacial score (nSPS) is 10.4. The summed E-state index contributed by atoms with van der Waals surface area (Å²) in [5.41, 5.74) is 6.45. The smallest absolute Gasteiger partial charge is 0.147 e. The van der Waals surface area contributed by atoms with Gasteiger partial charge in [0, 0.05) is 28.2 Å². The maximum atomic E-state index is 6.03. The van der Waals surface area contributed by atoms with Crippen LogP contribution in [0.2, 0.25) is 15.1 Å². The number of benzene rings is 2. The van der Waals surface area contributed by atoms with Crippen LogP contribution in [0.5, 0.6) is 11.5 Å². The van der Waals surface area contributed by atoms with Gasteiger partial charge in [-0.15, -0.1) is 0 Å². The first-order chi connectivity index (χ1) is 8.60. The average molecular weight is 303 g/mol. The topological polar surface area (TPSA) is 35.2 Å². The molecule has 0 radical (unpaired) electrons. The summed E-state index contributed by atoms with van der Waals surface area (Å²) in [6.45, 7) is 0.327. The summed E-state index contributed by atoms with van der Waals surface area (Å²) in [6.07, 6.45) is 0. The molecule has 2 nitrogen and oxygen atoms in total. The fraction of sp³-hybridized carbons (Fsp3) is 0.0769. The van der Waals surface area contributed by atoms with E-state index < -0.39 is 0 Å². The van der Waals surface area contributed by atoms with Crippen LogP contribution in [0.15, 0.2) is 36.4 Å². The molecule has 18 heavy (non-hydrogen) atoms. The predicted octanol–water partition coefficient (Wildman–Crippen LogP) is 4.90. The molecule has 2 aromatic carbocycles. The van der Waals surface area contributed by atoms with Crippen molar-refractivity contribution >= 4 is 34.8 Å². The van der Waals surface area contributed by atoms with E-state index in [1.807, 2.05) is 0 Å². The molecule has 2 N–H and O–H groups in total. The minimum atomic E-state index is 0.327. The zero-order valence-corrected chi connectivity index (χ0v) is 11.6. The van der Waals surface area contributed by atoms with Crippen LogP contribution in [0.3, 0.4) is 0 Å². The lowest BCUT2D eigenvalue weighted by atomic mass is 10.2. The van der Waals surface area contributed by atoms with Crippen LogP contribution >= 0.6 is 34.8 Å². The molecule has 94 valence electrons. The number of halogens is 3. The van der Waals surface area contributed by atoms with E-state index in [2.05, 4.69) is 0 Å². The molecule has 0 aliphatic rings. The molecule has 0 unspecified atom stereocenters. The molecule has 2 rings (SSSR count). The summed E-state index contributed by atoms with van der Waals surface area (Å²) in [7, 11) is 0. The minimum Gasteiger partial charge on any atom is -0.455 e. The van der Waals surface area contributed by atoms with Crippen molar-refractivity contribution < 1.29 is 4.74 Å². The first-order valence-electron chi connectivity index (χ1n) is 5.21. The van der Waals surface area contributed by atoms with E-state index in [0.29, 0.717) is 33.1 Å². The van der Waals surface area contributed by atoms with Gasteiger partial charge in [0.1, 0.15) is 11.5 Å². The molecule has 0 aromatic heterocycles. The Bertz CT molecular complexity index is 572. The van der Waals surface area contributed by atoms with Gasteiger partial charge in [-0.1, -0.05) is 34.8 Å². The fourth-order valence-electron chi connectivity index (χ4n) is 1.48. The van der Waals surface area contributed by atoms with Crippen LogP contribution in [-0.2, 0) is 6.54 Å². The lowest BCUT2D eigenvalue weighted by Crippen LogP contribution is -1.99. The molecular weight excluding hydrogens is 293 g/mol. The fourth-order valence-corrected chi connectivity index (χ4v) is 1.99. The summed E-state index contributed by atoms with van der Waals surface area (Å²) >= 11 is 17.8. The molecule has 0 saturated heterocycles. The molecule has 0 aliphatic heterocycles. The highest BCUT2D eigenvalue weighted by Gasteiger charge is 2.08. The molecular formula is C13H10Cl3NO. The SMILES string of the molecule is NCc1cc(Cl)ccc1Oc1cc(Cl)ccc1Cl. The van der Waals surface area contributed by atoms with Gasteiger partial charge in [0.2, 0.25) is 0 Å². The molecule has 0 bridgehead atoms. The monoisotopic (exact) mass is 301 g/mol.